The maximum Gasteiger partial charge on any atom is 0.248 e. The van der Waals surface area contributed by atoms with E-state index in [2.05, 4.69) is 126 Å². The number of benzene rings is 6. The molecule has 2 aliphatic heterocycles. The topological polar surface area (TPSA) is 3.24 Å². The predicted octanol–water partition coefficient (Wildman–Crippen LogP) is 12.1. The Labute approximate surface area is 306 Å². The van der Waals surface area contributed by atoms with Gasteiger partial charge in [-0.2, -0.15) is 0 Å². The van der Waals surface area contributed by atoms with Crippen LogP contribution in [0, 0.1) is 0 Å². The molecule has 0 bridgehead atoms. The Kier molecular flexibility index (Phi) is 7.07. The van der Waals surface area contributed by atoms with Crippen molar-refractivity contribution < 1.29 is 0 Å². The largest absolute Gasteiger partial charge is 0.311 e. The molecule has 0 amide bonds. The standard InChI is InChI=1S/C48H42BNS/c1-3-12-31(13-4-1)33-22-25-36(26-23-33)50-43-27-24-34(32-14-5-2-6-15-32)29-42(43)49-41-19-9-7-16-38(41)40-28-35(30-44(50)48(40)49)37-18-11-21-46-47(37)39-17-8-10-20-45(39)51-46/h7-11,16-32H,1-6,12-15H2. The van der Waals surface area contributed by atoms with Crippen LogP contribution in [0.3, 0.4) is 0 Å². The van der Waals surface area contributed by atoms with Gasteiger partial charge in [-0.3, -0.25) is 0 Å². The zero-order valence-electron chi connectivity index (χ0n) is 29.2. The SMILES string of the molecule is c1ccc2c(c1)B1c3cc(C4CCCCC4)ccc3N(c3ccc(C4CCCCC4)cc3)c3cc(-c4cccc5sc6ccccc6c45)cc-2c31. The number of anilines is 3. The third kappa shape index (κ3) is 4.74. The van der Waals surface area contributed by atoms with Crippen LogP contribution < -0.4 is 21.3 Å². The summed E-state index contributed by atoms with van der Waals surface area (Å²) in [5.74, 6) is 1.37. The highest BCUT2D eigenvalue weighted by Gasteiger charge is 2.43. The smallest absolute Gasteiger partial charge is 0.248 e. The van der Waals surface area contributed by atoms with E-state index in [4.69, 9.17) is 0 Å². The van der Waals surface area contributed by atoms with Crippen molar-refractivity contribution in [3.05, 3.63) is 132 Å². The molecule has 2 saturated carbocycles. The average Bonchev–Trinajstić information content (AvgIpc) is 3.75. The molecular formula is C48H42BNS. The summed E-state index contributed by atoms with van der Waals surface area (Å²) < 4.78 is 2.71. The predicted molar refractivity (Wildman–Crippen MR) is 221 cm³/mol. The second kappa shape index (κ2) is 12.0. The highest BCUT2D eigenvalue weighted by Crippen LogP contribution is 2.47. The molecule has 11 rings (SSSR count). The van der Waals surface area contributed by atoms with Gasteiger partial charge in [0.15, 0.2) is 0 Å². The molecule has 0 spiro atoms. The lowest BCUT2D eigenvalue weighted by Gasteiger charge is -2.37. The Bertz CT molecular complexity index is 2460. The summed E-state index contributed by atoms with van der Waals surface area (Å²) in [6.45, 7) is 0.245. The summed E-state index contributed by atoms with van der Waals surface area (Å²) in [6.07, 6.45) is 13.5. The molecule has 6 aromatic carbocycles. The van der Waals surface area contributed by atoms with Gasteiger partial charge >= 0.3 is 0 Å². The Morgan fingerprint density at radius 3 is 2.02 bits per heavy atom. The molecule has 0 N–H and O–H groups in total. The summed E-state index contributed by atoms with van der Waals surface area (Å²) in [4.78, 5) is 2.63. The summed E-state index contributed by atoms with van der Waals surface area (Å²) in [5.41, 5.74) is 16.9. The monoisotopic (exact) mass is 675 g/mol. The second-order valence-corrected chi connectivity index (χ2v) is 16.8. The van der Waals surface area contributed by atoms with Crippen LogP contribution in [0.1, 0.15) is 87.2 Å². The number of fused-ring (bicyclic) bond motifs is 8. The molecule has 7 aromatic rings. The Morgan fingerprint density at radius 2 is 1.20 bits per heavy atom. The van der Waals surface area contributed by atoms with Crippen LogP contribution in [0.15, 0.2) is 121 Å². The first-order valence-corrected chi connectivity index (χ1v) is 20.3. The Balaban J connectivity index is 1.16. The minimum atomic E-state index is 0.245. The number of hydrogen-bond acceptors (Lipinski definition) is 2. The van der Waals surface area contributed by atoms with Crippen LogP contribution in [-0.2, 0) is 0 Å². The minimum Gasteiger partial charge on any atom is -0.311 e. The summed E-state index contributed by atoms with van der Waals surface area (Å²) >= 11 is 1.91. The third-order valence-electron chi connectivity index (χ3n) is 12.9. The van der Waals surface area contributed by atoms with Gasteiger partial charge in [0.1, 0.15) is 0 Å². The molecule has 1 nitrogen and oxygen atoms in total. The summed E-state index contributed by atoms with van der Waals surface area (Å²) in [6, 6.07) is 47.5. The fourth-order valence-electron chi connectivity index (χ4n) is 10.4. The van der Waals surface area contributed by atoms with Gasteiger partial charge in [-0.25, -0.2) is 0 Å². The van der Waals surface area contributed by atoms with Crippen LogP contribution in [0.4, 0.5) is 17.1 Å². The van der Waals surface area contributed by atoms with Crippen molar-refractivity contribution >= 4 is 71.7 Å². The van der Waals surface area contributed by atoms with Crippen molar-refractivity contribution in [2.75, 3.05) is 4.90 Å². The first-order valence-electron chi connectivity index (χ1n) is 19.5. The Morgan fingerprint density at radius 1 is 0.510 bits per heavy atom. The number of hydrogen-bond donors (Lipinski definition) is 0. The van der Waals surface area contributed by atoms with Crippen LogP contribution in [0.25, 0.3) is 42.4 Å². The van der Waals surface area contributed by atoms with Gasteiger partial charge in [-0.15, -0.1) is 11.3 Å². The number of thiophene rings is 1. The second-order valence-electron chi connectivity index (χ2n) is 15.7. The van der Waals surface area contributed by atoms with Gasteiger partial charge in [0.25, 0.3) is 0 Å². The first-order chi connectivity index (χ1) is 25.3. The van der Waals surface area contributed by atoms with E-state index in [0.717, 1.165) is 0 Å². The lowest BCUT2D eigenvalue weighted by atomic mass is 9.37. The Hall–Kier alpha value is -4.60. The van der Waals surface area contributed by atoms with E-state index in [1.807, 2.05) is 11.3 Å². The van der Waals surface area contributed by atoms with Gasteiger partial charge in [0.05, 0.1) is 0 Å². The van der Waals surface area contributed by atoms with Crippen molar-refractivity contribution in [1.29, 1.82) is 0 Å². The number of rotatable bonds is 4. The van der Waals surface area contributed by atoms with E-state index < -0.39 is 0 Å². The molecule has 248 valence electrons. The van der Waals surface area contributed by atoms with Crippen LogP contribution in [0.5, 0.6) is 0 Å². The molecule has 2 fully saturated rings. The van der Waals surface area contributed by atoms with Crippen LogP contribution in [0.2, 0.25) is 0 Å². The molecular weight excluding hydrogens is 633 g/mol. The molecule has 3 heteroatoms. The quantitative estimate of drug-likeness (QED) is 0.168. The molecule has 0 saturated heterocycles. The highest BCUT2D eigenvalue weighted by atomic mass is 32.1. The normalized spacial score (nSPS) is 17.2. The van der Waals surface area contributed by atoms with E-state index in [0.29, 0.717) is 11.8 Å². The third-order valence-corrected chi connectivity index (χ3v) is 14.0. The molecule has 51 heavy (non-hydrogen) atoms. The highest BCUT2D eigenvalue weighted by molar-refractivity contribution is 7.26. The van der Waals surface area contributed by atoms with Crippen LogP contribution >= 0.6 is 11.3 Å². The fourth-order valence-corrected chi connectivity index (χ4v) is 11.6. The van der Waals surface area contributed by atoms with Gasteiger partial charge < -0.3 is 4.90 Å². The maximum atomic E-state index is 2.63. The van der Waals surface area contributed by atoms with Crippen molar-refractivity contribution in [3.8, 4) is 22.3 Å². The van der Waals surface area contributed by atoms with E-state index in [1.54, 1.807) is 5.56 Å². The van der Waals surface area contributed by atoms with Crippen molar-refractivity contribution in [3.63, 3.8) is 0 Å². The molecule has 3 heterocycles. The molecule has 0 radical (unpaired) electrons. The molecule has 1 aromatic heterocycles. The fraction of sp³-hybridized carbons (Fsp3) is 0.250. The first kappa shape index (κ1) is 30.1. The van der Waals surface area contributed by atoms with Crippen LogP contribution in [-0.4, -0.2) is 6.71 Å². The van der Waals surface area contributed by atoms with Gasteiger partial charge in [-0.1, -0.05) is 123 Å². The van der Waals surface area contributed by atoms with Crippen molar-refractivity contribution in [2.24, 2.45) is 0 Å². The van der Waals surface area contributed by atoms with Crippen molar-refractivity contribution in [1.82, 2.24) is 0 Å². The molecule has 0 unspecified atom stereocenters. The zero-order valence-corrected chi connectivity index (χ0v) is 30.0. The summed E-state index contributed by atoms with van der Waals surface area (Å²) in [7, 11) is 0. The number of nitrogens with zero attached hydrogens (tertiary/aromatic N) is 1. The van der Waals surface area contributed by atoms with Gasteiger partial charge in [0, 0.05) is 37.2 Å². The van der Waals surface area contributed by atoms with Gasteiger partial charge in [-0.05, 0) is 124 Å². The van der Waals surface area contributed by atoms with E-state index in [-0.39, 0.29) is 6.71 Å². The maximum absolute atomic E-state index is 2.63. The molecule has 2 aliphatic carbocycles. The minimum absolute atomic E-state index is 0.245. The molecule has 4 aliphatic rings. The average molecular weight is 676 g/mol. The summed E-state index contributed by atoms with van der Waals surface area (Å²) in [5, 5.41) is 2.74. The molecule has 0 atom stereocenters. The van der Waals surface area contributed by atoms with E-state index in [9.17, 15) is 0 Å². The van der Waals surface area contributed by atoms with E-state index in [1.165, 1.54) is 146 Å². The lowest BCUT2D eigenvalue weighted by Crippen LogP contribution is -2.54. The lowest BCUT2D eigenvalue weighted by molar-refractivity contribution is 0.443. The van der Waals surface area contributed by atoms with Crippen molar-refractivity contribution in [2.45, 2.75) is 76.0 Å². The van der Waals surface area contributed by atoms with Gasteiger partial charge in [0.2, 0.25) is 6.71 Å². The van der Waals surface area contributed by atoms with E-state index >= 15 is 0 Å². The zero-order chi connectivity index (χ0) is 33.5.